The van der Waals surface area contributed by atoms with E-state index in [1.54, 1.807) is 0 Å². The molecule has 0 N–H and O–H groups in total. The van der Waals surface area contributed by atoms with Crippen LogP contribution in [0.4, 0.5) is 11.6 Å². The molecule has 2 aliphatic rings. The molecule has 8 aromatic rings. The Morgan fingerprint density at radius 1 is 0.500 bits per heavy atom. The van der Waals surface area contributed by atoms with E-state index in [1.165, 1.54) is 0 Å². The maximum Gasteiger partial charge on any atom is 0.442 e. The largest absolute Gasteiger partial charge is 0.442 e. The molecule has 0 saturated carbocycles. The minimum atomic E-state index is -0.140. The molecule has 50 heavy (non-hydrogen) atoms. The van der Waals surface area contributed by atoms with Gasteiger partial charge >= 0.3 is 5.95 Å². The fourth-order valence-electron chi connectivity index (χ4n) is 7.06. The summed E-state index contributed by atoms with van der Waals surface area (Å²) in [6.07, 6.45) is 8.56. The average Bonchev–Trinajstić information content (AvgIpc) is 3.53. The third-order valence-corrected chi connectivity index (χ3v) is 9.35. The van der Waals surface area contributed by atoms with Gasteiger partial charge in [0.1, 0.15) is 34.0 Å². The van der Waals surface area contributed by atoms with Gasteiger partial charge in [0.2, 0.25) is 11.6 Å². The third kappa shape index (κ3) is 4.52. The number of aromatic nitrogens is 6. The molecule has 1 aliphatic carbocycles. The van der Waals surface area contributed by atoms with Gasteiger partial charge in [-0.2, -0.15) is 9.56 Å². The van der Waals surface area contributed by atoms with E-state index in [1.807, 2.05) is 97.1 Å². The molecule has 234 valence electrons. The first kappa shape index (κ1) is 28.2. The van der Waals surface area contributed by atoms with Gasteiger partial charge in [-0.15, -0.1) is 0 Å². The summed E-state index contributed by atoms with van der Waals surface area (Å²) in [4.78, 5) is 26.0. The fraction of sp³-hybridized carbons (Fsp3) is 0.0233. The summed E-state index contributed by atoms with van der Waals surface area (Å²) in [5.41, 5.74) is 11.3. The Morgan fingerprint density at radius 2 is 1.06 bits per heavy atom. The van der Waals surface area contributed by atoms with Gasteiger partial charge in [0.25, 0.3) is 0 Å². The zero-order valence-electron chi connectivity index (χ0n) is 26.8. The topological polar surface area (TPSA) is 72.4 Å². The summed E-state index contributed by atoms with van der Waals surface area (Å²) in [5, 5.41) is 0. The third-order valence-electron chi connectivity index (χ3n) is 9.35. The second-order valence-corrected chi connectivity index (χ2v) is 12.4. The first-order valence-electron chi connectivity index (χ1n) is 16.7. The quantitative estimate of drug-likeness (QED) is 0.175. The van der Waals surface area contributed by atoms with Crippen LogP contribution in [0.5, 0.6) is 0 Å². The van der Waals surface area contributed by atoms with Crippen molar-refractivity contribution in [1.82, 2.24) is 34.1 Å². The molecule has 4 aromatic carbocycles. The van der Waals surface area contributed by atoms with E-state index in [-0.39, 0.29) is 6.04 Å². The lowest BCUT2D eigenvalue weighted by atomic mass is 10.0. The van der Waals surface area contributed by atoms with Gasteiger partial charge in [-0.1, -0.05) is 115 Å². The molecule has 0 saturated heterocycles. The van der Waals surface area contributed by atoms with E-state index in [0.29, 0.717) is 17.6 Å². The molecule has 5 heterocycles. The molecule has 7 heteroatoms. The number of nitrogens with zero attached hydrogens (tertiary/aromatic N) is 7. The van der Waals surface area contributed by atoms with Crippen LogP contribution in [0, 0.1) is 0 Å². The number of hydrogen-bond donors (Lipinski definition) is 0. The molecule has 7 nitrogen and oxygen atoms in total. The van der Waals surface area contributed by atoms with Crippen molar-refractivity contribution in [3.63, 3.8) is 0 Å². The van der Waals surface area contributed by atoms with Crippen molar-refractivity contribution in [2.75, 3.05) is 0 Å². The Kier molecular flexibility index (Phi) is 6.42. The molecular weight excluding hydrogens is 615 g/mol. The number of hydrogen-bond acceptors (Lipinski definition) is 5. The highest BCUT2D eigenvalue weighted by Crippen LogP contribution is 2.44. The zero-order valence-corrected chi connectivity index (χ0v) is 26.8. The van der Waals surface area contributed by atoms with Gasteiger partial charge in [0.15, 0.2) is 0 Å². The van der Waals surface area contributed by atoms with Crippen LogP contribution in [0.2, 0.25) is 0 Å². The highest BCUT2D eigenvalue weighted by Gasteiger charge is 2.37. The molecule has 0 amide bonds. The lowest BCUT2D eigenvalue weighted by molar-refractivity contribution is 0.767. The normalized spacial score (nSPS) is 14.8. The molecule has 10 rings (SSSR count). The summed E-state index contributed by atoms with van der Waals surface area (Å²) >= 11 is 0. The zero-order chi connectivity index (χ0) is 33.0. The number of pyridine rings is 2. The van der Waals surface area contributed by atoms with Crippen LogP contribution in [-0.4, -0.2) is 35.2 Å². The number of fused-ring (bicyclic) bond motifs is 5. The second kappa shape index (κ2) is 11.4. The lowest BCUT2D eigenvalue weighted by Gasteiger charge is -2.27. The monoisotopic (exact) mass is 642 g/mol. The predicted octanol–water partition coefficient (Wildman–Crippen LogP) is 9.39. The Balaban J connectivity index is 1.31. The van der Waals surface area contributed by atoms with Gasteiger partial charge in [-0.3, -0.25) is 0 Å². The molecule has 0 fully saturated rings. The van der Waals surface area contributed by atoms with Crippen molar-refractivity contribution in [2.24, 2.45) is 0 Å². The average molecular weight is 643 g/mol. The van der Waals surface area contributed by atoms with Crippen LogP contribution < -0.4 is 4.58 Å². The van der Waals surface area contributed by atoms with Gasteiger partial charge in [0, 0.05) is 28.3 Å². The van der Waals surface area contributed by atoms with Gasteiger partial charge < -0.3 is 4.57 Å². The van der Waals surface area contributed by atoms with Gasteiger partial charge in [0.05, 0.1) is 16.9 Å². The summed E-state index contributed by atoms with van der Waals surface area (Å²) < 4.78 is 4.56. The smallest absolute Gasteiger partial charge is 0.321 e. The highest BCUT2D eigenvalue weighted by atomic mass is 15.3. The Hall–Kier alpha value is -6.86. The van der Waals surface area contributed by atoms with Crippen molar-refractivity contribution < 1.29 is 0 Å². The van der Waals surface area contributed by atoms with E-state index in [0.717, 1.165) is 67.1 Å². The number of rotatable bonds is 5. The highest BCUT2D eigenvalue weighted by molar-refractivity contribution is 6.16. The van der Waals surface area contributed by atoms with Crippen LogP contribution in [0.25, 0.3) is 67.4 Å². The number of allylic oxidation sites excluding steroid dienone is 4. The minimum absolute atomic E-state index is 0.140. The Bertz CT molecular complexity index is 2620. The molecular formula is C43H28N7+. The van der Waals surface area contributed by atoms with Crippen LogP contribution in [0.15, 0.2) is 164 Å². The number of benzene rings is 4. The van der Waals surface area contributed by atoms with Crippen LogP contribution >= 0.6 is 0 Å². The Labute approximate surface area is 288 Å². The van der Waals surface area contributed by atoms with Crippen LogP contribution in [0.1, 0.15) is 6.04 Å². The van der Waals surface area contributed by atoms with Crippen molar-refractivity contribution in [3.05, 3.63) is 164 Å². The molecule has 0 radical (unpaired) electrons. The predicted molar refractivity (Wildman–Crippen MR) is 200 cm³/mol. The van der Waals surface area contributed by atoms with Crippen LogP contribution in [0.3, 0.4) is 0 Å². The second-order valence-electron chi connectivity index (χ2n) is 12.4. The fourth-order valence-corrected chi connectivity index (χ4v) is 7.06. The summed E-state index contributed by atoms with van der Waals surface area (Å²) in [5.74, 6) is 1.75. The lowest BCUT2D eigenvalue weighted by Crippen LogP contribution is -2.31. The summed E-state index contributed by atoms with van der Waals surface area (Å²) in [7, 11) is 0. The van der Waals surface area contributed by atoms with Crippen molar-refractivity contribution >= 4 is 39.4 Å². The standard InChI is InChI=1S/C43H28N7/c1-5-15-28(16-6-1)32-25-26-36-38(44-32)39-40-37(27-33(45-39)29-17-7-2-8-18-29)50(35-24-14-13-23-34(35)49(36)40)43-47-41(30-19-9-3-10-20-30)46-42(48-43)31-21-11-4-12-22-31/h1-27,34H/q+1. The molecule has 1 atom stereocenters. The first-order chi connectivity index (χ1) is 24.8. The van der Waals surface area contributed by atoms with E-state index in [2.05, 4.69) is 75.9 Å². The van der Waals surface area contributed by atoms with Crippen LogP contribution in [-0.2, 0) is 0 Å². The first-order valence-corrected chi connectivity index (χ1v) is 16.7. The summed E-state index contributed by atoms with van der Waals surface area (Å²) in [6.45, 7) is 0. The Morgan fingerprint density at radius 3 is 1.68 bits per heavy atom. The SMILES string of the molecule is C1=CC2=[N+](c3nc(-c4ccccc4)nc(-c4ccccc4)n3)c3cc(-c4ccccc4)nc4c5nc(-c6ccccc6)ccc5n(c34)C2C=C1. The molecule has 0 spiro atoms. The molecule has 1 unspecified atom stereocenters. The van der Waals surface area contributed by atoms with Crippen molar-refractivity contribution in [3.8, 4) is 45.3 Å². The summed E-state index contributed by atoms with van der Waals surface area (Å²) in [6, 6.07) is 47.1. The van der Waals surface area contributed by atoms with Gasteiger partial charge in [-0.05, 0) is 52.4 Å². The maximum atomic E-state index is 5.35. The molecule has 1 aliphatic heterocycles. The molecule has 4 aromatic heterocycles. The van der Waals surface area contributed by atoms with E-state index < -0.39 is 0 Å². The maximum absolute atomic E-state index is 5.35. The van der Waals surface area contributed by atoms with E-state index in [9.17, 15) is 0 Å². The van der Waals surface area contributed by atoms with E-state index >= 15 is 0 Å². The minimum Gasteiger partial charge on any atom is -0.321 e. The van der Waals surface area contributed by atoms with Gasteiger partial charge in [-0.25, -0.2) is 9.97 Å². The van der Waals surface area contributed by atoms with Crippen molar-refractivity contribution in [2.45, 2.75) is 6.04 Å². The van der Waals surface area contributed by atoms with Crippen molar-refractivity contribution in [1.29, 1.82) is 0 Å². The molecule has 0 bridgehead atoms. The van der Waals surface area contributed by atoms with E-state index in [4.69, 9.17) is 24.9 Å².